The van der Waals surface area contributed by atoms with Crippen LogP contribution in [0.25, 0.3) is 23.1 Å². The predicted octanol–water partition coefficient (Wildman–Crippen LogP) is 2.90. The largest absolute Gasteiger partial charge is 0.755 e. The number of methoxy groups -OCH3 is 1. The van der Waals surface area contributed by atoms with Crippen LogP contribution in [0.1, 0.15) is 47.8 Å². The molecular weight excluding hydrogens is 562 g/mol. The van der Waals surface area contributed by atoms with Gasteiger partial charge in [-0.25, -0.2) is 14.3 Å². The molecule has 0 aliphatic carbocycles. The lowest BCUT2D eigenvalue weighted by Crippen LogP contribution is -2.23. The Balaban J connectivity index is 2.02. The van der Waals surface area contributed by atoms with Crippen molar-refractivity contribution < 1.29 is 32.9 Å². The third-order valence-electron chi connectivity index (χ3n) is 6.80. The van der Waals surface area contributed by atoms with Crippen LogP contribution in [0.3, 0.4) is 0 Å². The van der Waals surface area contributed by atoms with Crippen LogP contribution in [0.2, 0.25) is 0 Å². The van der Waals surface area contributed by atoms with Gasteiger partial charge in [-0.3, -0.25) is 9.00 Å². The van der Waals surface area contributed by atoms with Gasteiger partial charge in [0.1, 0.15) is 5.75 Å². The number of phenols is 1. The molecule has 1 unspecified atom stereocenters. The number of fused-ring (bicyclic) bond motifs is 1. The highest BCUT2D eigenvalue weighted by molar-refractivity contribution is 7.80. The van der Waals surface area contributed by atoms with E-state index in [1.165, 1.54) is 29.8 Å². The molecule has 0 aliphatic rings. The zero-order chi connectivity index (χ0) is 30.6. The Kier molecular flexibility index (Phi) is 9.43. The van der Waals surface area contributed by atoms with Gasteiger partial charge in [0.2, 0.25) is 0 Å². The summed E-state index contributed by atoms with van der Waals surface area (Å²) in [4.78, 5) is 32.5. The summed E-state index contributed by atoms with van der Waals surface area (Å²) in [5.41, 5.74) is 3.69. The smallest absolute Gasteiger partial charge is 0.340 e. The minimum atomic E-state index is -2.59. The highest BCUT2D eigenvalue weighted by atomic mass is 32.2. The molecule has 0 spiro atoms. The molecule has 4 aromatic rings. The number of esters is 2. The van der Waals surface area contributed by atoms with E-state index in [2.05, 4.69) is 39.6 Å². The van der Waals surface area contributed by atoms with Gasteiger partial charge in [-0.2, -0.15) is 0 Å². The monoisotopic (exact) mass is 594 g/mol. The second-order valence-electron chi connectivity index (χ2n) is 9.31. The van der Waals surface area contributed by atoms with Gasteiger partial charge in [-0.15, -0.1) is 5.10 Å². The van der Waals surface area contributed by atoms with Crippen molar-refractivity contribution in [3.05, 3.63) is 64.0 Å². The molecular formula is C29H32N5O7S-. The summed E-state index contributed by atoms with van der Waals surface area (Å²) < 4.78 is 36.2. The maximum atomic E-state index is 13.3. The Morgan fingerprint density at radius 3 is 2.52 bits per heavy atom. The molecule has 4 rings (SSSR count). The molecule has 0 saturated heterocycles. The zero-order valence-corrected chi connectivity index (χ0v) is 24.8. The van der Waals surface area contributed by atoms with Gasteiger partial charge in [-0.05, 0) is 75.2 Å². The summed E-state index contributed by atoms with van der Waals surface area (Å²) in [6.45, 7) is 9.61. The van der Waals surface area contributed by atoms with Gasteiger partial charge in [0.05, 0.1) is 36.6 Å². The maximum Gasteiger partial charge on any atom is 0.340 e. The summed E-state index contributed by atoms with van der Waals surface area (Å²) >= 11 is -2.59. The highest BCUT2D eigenvalue weighted by Crippen LogP contribution is 2.31. The fourth-order valence-corrected chi connectivity index (χ4v) is 5.06. The molecule has 0 saturated carbocycles. The molecule has 1 atom stereocenters. The summed E-state index contributed by atoms with van der Waals surface area (Å²) in [6.07, 6.45) is 1.49. The number of aryl methyl sites for hydroxylation is 1. The van der Waals surface area contributed by atoms with Crippen LogP contribution >= 0.6 is 0 Å². The Morgan fingerprint density at radius 2 is 1.90 bits per heavy atom. The van der Waals surface area contributed by atoms with E-state index >= 15 is 0 Å². The molecule has 0 fully saturated rings. The Morgan fingerprint density at radius 1 is 1.17 bits per heavy atom. The van der Waals surface area contributed by atoms with Crippen molar-refractivity contribution in [2.24, 2.45) is 0 Å². The van der Waals surface area contributed by atoms with E-state index in [4.69, 9.17) is 9.47 Å². The van der Waals surface area contributed by atoms with Crippen LogP contribution in [0.5, 0.6) is 5.75 Å². The van der Waals surface area contributed by atoms with E-state index in [9.17, 15) is 23.5 Å². The molecule has 0 amide bonds. The molecule has 2 N–H and O–H groups in total. The lowest BCUT2D eigenvalue weighted by molar-refractivity contribution is -0.139. The first kappa shape index (κ1) is 30.5. The lowest BCUT2D eigenvalue weighted by Gasteiger charge is -2.21. The first-order chi connectivity index (χ1) is 20.1. The Bertz CT molecular complexity index is 1720. The molecule has 0 aliphatic heterocycles. The fraction of sp³-hybridized carbons (Fsp3) is 0.310. The number of hydrogen-bond acceptors (Lipinski definition) is 10. The number of nitrogens with one attached hydrogen (secondary N) is 1. The quantitative estimate of drug-likeness (QED) is 0.150. The minimum Gasteiger partial charge on any atom is -0.755 e. The number of aromatic nitrogens is 3. The van der Waals surface area contributed by atoms with Gasteiger partial charge in [0.25, 0.3) is 0 Å². The van der Waals surface area contributed by atoms with Crippen molar-refractivity contribution >= 4 is 46.3 Å². The number of ether oxygens (including phenoxy) is 2. The van der Waals surface area contributed by atoms with Gasteiger partial charge >= 0.3 is 11.9 Å². The number of aromatic hydroxyl groups is 1. The van der Waals surface area contributed by atoms with Gasteiger partial charge in [-0.1, -0.05) is 6.07 Å². The molecule has 2 aromatic heterocycles. The van der Waals surface area contributed by atoms with Gasteiger partial charge < -0.3 is 28.8 Å². The molecule has 2 heterocycles. The number of nitrogens with zero attached hydrogens (tertiary/aromatic N) is 4. The average Bonchev–Trinajstić information content (AvgIpc) is 3.50. The van der Waals surface area contributed by atoms with Crippen LogP contribution in [0.15, 0.2) is 36.4 Å². The number of benzene rings is 2. The van der Waals surface area contributed by atoms with Gasteiger partial charge in [0, 0.05) is 41.3 Å². The van der Waals surface area contributed by atoms with Crippen LogP contribution in [0, 0.1) is 6.92 Å². The summed E-state index contributed by atoms with van der Waals surface area (Å²) in [5.74, 6) is -1.40. The van der Waals surface area contributed by atoms with Gasteiger partial charge in [0.15, 0.2) is 11.5 Å². The van der Waals surface area contributed by atoms with E-state index in [0.29, 0.717) is 5.35 Å². The minimum absolute atomic E-state index is 0.0487. The van der Waals surface area contributed by atoms with Crippen molar-refractivity contribution in [1.82, 2.24) is 14.6 Å². The van der Waals surface area contributed by atoms with Crippen molar-refractivity contribution in [3.63, 3.8) is 0 Å². The molecule has 222 valence electrons. The number of carbonyl (C=O) groups excluding carboxylic acids is 2. The summed E-state index contributed by atoms with van der Waals surface area (Å²) in [6, 6.07) is 10.1. The third kappa shape index (κ3) is 6.21. The molecule has 12 nitrogen and oxygen atoms in total. The molecule has 13 heteroatoms. The Hall–Kier alpha value is -4.49. The van der Waals surface area contributed by atoms with Crippen LogP contribution < -0.4 is 15.0 Å². The first-order valence-corrected chi connectivity index (χ1v) is 14.4. The first-order valence-electron chi connectivity index (χ1n) is 13.3. The summed E-state index contributed by atoms with van der Waals surface area (Å²) in [5, 5.41) is 15.5. The van der Waals surface area contributed by atoms with E-state index < -0.39 is 23.2 Å². The summed E-state index contributed by atoms with van der Waals surface area (Å²) in [7, 11) is 1.24. The fourth-order valence-electron chi connectivity index (χ4n) is 4.74. The molecule has 2 aromatic carbocycles. The van der Waals surface area contributed by atoms with E-state index in [-0.39, 0.29) is 52.6 Å². The van der Waals surface area contributed by atoms with E-state index in [1.54, 1.807) is 13.0 Å². The Labute approximate surface area is 245 Å². The van der Waals surface area contributed by atoms with Crippen molar-refractivity contribution in [2.75, 3.05) is 36.4 Å². The third-order valence-corrected chi connectivity index (χ3v) is 7.21. The van der Waals surface area contributed by atoms with E-state index in [0.717, 1.165) is 29.9 Å². The van der Waals surface area contributed by atoms with Crippen LogP contribution in [0.4, 0.5) is 11.4 Å². The topological polar surface area (TPSA) is 158 Å². The second-order valence-corrected chi connectivity index (χ2v) is 9.98. The number of carbonyl (C=O) groups is 2. The highest BCUT2D eigenvalue weighted by Gasteiger charge is 2.27. The predicted molar refractivity (Wildman–Crippen MR) is 158 cm³/mol. The zero-order valence-electron chi connectivity index (χ0n) is 24.0. The average molecular weight is 595 g/mol. The lowest BCUT2D eigenvalue weighted by atomic mass is 10.0. The second kappa shape index (κ2) is 13.0. The van der Waals surface area contributed by atoms with Crippen molar-refractivity contribution in [2.45, 2.75) is 34.1 Å². The van der Waals surface area contributed by atoms with Crippen molar-refractivity contribution in [3.8, 4) is 17.1 Å². The van der Waals surface area contributed by atoms with Crippen LogP contribution in [-0.2, 0) is 32.0 Å². The van der Waals surface area contributed by atoms with E-state index in [1.807, 2.05) is 19.1 Å². The number of phenolic OH excluding ortho intramolecular Hbond substituents is 1. The standard InChI is InChI=1S/C29H33N5O7S/c1-6-33(7-2)20-11-9-18(17(4)13-20)14-23-26(29(37)41-8-3)22(16-25(36)40-5)28-30-27(31-34(23)28)21-15-19(32-42(38)39)10-12-24(21)35/h9-15,32,35H,6-8,16H2,1-5H3,(H,38,39)/p-1/b23-14-. The molecule has 0 bridgehead atoms. The normalized spacial score (nSPS) is 12.4. The molecule has 0 radical (unpaired) electrons. The SMILES string of the molecule is CCOC(=O)c1c(CC(=O)OC)c2nc(-c3cc(NS(=O)[O-])ccc3O)nn2/c1=C\c1ccc(N(CC)CC)cc1C. The van der Waals surface area contributed by atoms with Crippen molar-refractivity contribution in [1.29, 1.82) is 0 Å². The number of anilines is 2. The van der Waals surface area contributed by atoms with Crippen LogP contribution in [-0.4, -0.2) is 67.2 Å². The molecule has 42 heavy (non-hydrogen) atoms. The number of rotatable bonds is 11. The number of hydrogen-bond donors (Lipinski definition) is 2. The maximum absolute atomic E-state index is 13.3.